The smallest absolute Gasteiger partial charge is 0.254 e. The third-order valence-corrected chi connectivity index (χ3v) is 6.70. The minimum absolute atomic E-state index is 0.0152. The molecule has 2 aliphatic rings. The van der Waals surface area contributed by atoms with Gasteiger partial charge in [-0.3, -0.25) is 9.59 Å². The molecule has 1 saturated heterocycles. The average molecular weight is 419 g/mol. The predicted octanol–water partition coefficient (Wildman–Crippen LogP) is 4.64. The molecule has 0 saturated carbocycles. The third kappa shape index (κ3) is 2.74. The zero-order chi connectivity index (χ0) is 21.7. The highest BCUT2D eigenvalue weighted by Crippen LogP contribution is 2.44. The van der Waals surface area contributed by atoms with Gasteiger partial charge in [-0.1, -0.05) is 66.7 Å². The van der Waals surface area contributed by atoms with E-state index in [2.05, 4.69) is 5.32 Å². The second kappa shape index (κ2) is 7.02. The van der Waals surface area contributed by atoms with Gasteiger partial charge in [0.1, 0.15) is 0 Å². The summed E-state index contributed by atoms with van der Waals surface area (Å²) < 4.78 is 0. The van der Waals surface area contributed by atoms with Crippen LogP contribution >= 0.6 is 0 Å². The fraction of sp³-hybridized carbons (Fsp3) is 0.148. The van der Waals surface area contributed by atoms with E-state index >= 15 is 0 Å². The van der Waals surface area contributed by atoms with Crippen molar-refractivity contribution in [2.24, 2.45) is 0 Å². The Morgan fingerprint density at radius 3 is 2.56 bits per heavy atom. The van der Waals surface area contributed by atoms with Crippen molar-refractivity contribution in [1.29, 1.82) is 0 Å². The van der Waals surface area contributed by atoms with E-state index in [0.717, 1.165) is 33.4 Å². The molecule has 1 aromatic heterocycles. The third-order valence-electron chi connectivity index (χ3n) is 6.70. The molecule has 0 bridgehead atoms. The van der Waals surface area contributed by atoms with Crippen molar-refractivity contribution in [3.8, 4) is 11.3 Å². The maximum absolute atomic E-state index is 13.8. The van der Waals surface area contributed by atoms with Crippen molar-refractivity contribution < 1.29 is 9.59 Å². The number of carbonyl (C=O) groups is 2. The Morgan fingerprint density at radius 1 is 0.938 bits per heavy atom. The standard InChI is InChI=1S/C27H21N3O2/c31-25(30-15-14-27(17-30)21-11-5-7-13-23(21)29-26(27)32)20-16-24(18-8-2-1-3-9-18)28-22-12-6-4-10-19(20)22/h1-13,16H,14-15,17H2,(H,29,32). The van der Waals surface area contributed by atoms with Crippen LogP contribution in [0.2, 0.25) is 0 Å². The van der Waals surface area contributed by atoms with E-state index in [1.807, 2.05) is 89.8 Å². The number of nitrogens with zero attached hydrogens (tertiary/aromatic N) is 2. The van der Waals surface area contributed by atoms with Crippen LogP contribution in [0.25, 0.3) is 22.2 Å². The van der Waals surface area contributed by atoms with Gasteiger partial charge in [0.25, 0.3) is 5.91 Å². The number of nitrogens with one attached hydrogen (secondary N) is 1. The van der Waals surface area contributed by atoms with Gasteiger partial charge < -0.3 is 10.2 Å². The molecule has 0 aliphatic carbocycles. The molecule has 1 atom stereocenters. The summed E-state index contributed by atoms with van der Waals surface area (Å²) in [6.45, 7) is 0.921. The highest BCUT2D eigenvalue weighted by molar-refractivity contribution is 6.10. The Hall–Kier alpha value is -3.99. The van der Waals surface area contributed by atoms with E-state index in [4.69, 9.17) is 4.98 Å². The summed E-state index contributed by atoms with van der Waals surface area (Å²) >= 11 is 0. The predicted molar refractivity (Wildman–Crippen MR) is 124 cm³/mol. The van der Waals surface area contributed by atoms with Crippen molar-refractivity contribution in [1.82, 2.24) is 9.88 Å². The number of anilines is 1. The average Bonchev–Trinajstić information content (AvgIpc) is 3.41. The molecule has 1 N–H and O–H groups in total. The normalized spacial score (nSPS) is 19.4. The number of amides is 2. The topological polar surface area (TPSA) is 62.3 Å². The number of hydrogen-bond acceptors (Lipinski definition) is 3. The first-order chi connectivity index (χ1) is 15.7. The number of para-hydroxylation sites is 2. The van der Waals surface area contributed by atoms with Gasteiger partial charge >= 0.3 is 0 Å². The Balaban J connectivity index is 1.41. The van der Waals surface area contributed by atoms with Gasteiger partial charge in [-0.25, -0.2) is 4.98 Å². The molecule has 1 fully saturated rings. The van der Waals surface area contributed by atoms with Gasteiger partial charge in [-0.15, -0.1) is 0 Å². The second-order valence-corrected chi connectivity index (χ2v) is 8.50. The van der Waals surface area contributed by atoms with E-state index in [1.54, 1.807) is 0 Å². The molecular formula is C27H21N3O2. The highest BCUT2D eigenvalue weighted by Gasteiger charge is 2.52. The molecule has 5 heteroatoms. The minimum Gasteiger partial charge on any atom is -0.337 e. The Bertz CT molecular complexity index is 1380. The molecule has 2 aliphatic heterocycles. The summed E-state index contributed by atoms with van der Waals surface area (Å²) in [5, 5.41) is 3.83. The zero-order valence-corrected chi connectivity index (χ0v) is 17.4. The molecule has 32 heavy (non-hydrogen) atoms. The fourth-order valence-electron chi connectivity index (χ4n) is 5.04. The van der Waals surface area contributed by atoms with Gasteiger partial charge in [-0.05, 0) is 30.2 Å². The van der Waals surface area contributed by atoms with Crippen LogP contribution in [0.3, 0.4) is 0 Å². The summed E-state index contributed by atoms with van der Waals surface area (Å²) in [7, 11) is 0. The SMILES string of the molecule is O=C(c1cc(-c2ccccc2)nc2ccccc12)N1CCC2(C1)C(=O)Nc1ccccc12. The molecule has 156 valence electrons. The molecule has 1 unspecified atom stereocenters. The summed E-state index contributed by atoms with van der Waals surface area (Å²) in [4.78, 5) is 33.3. The quantitative estimate of drug-likeness (QED) is 0.515. The monoisotopic (exact) mass is 419 g/mol. The lowest BCUT2D eigenvalue weighted by Crippen LogP contribution is -2.39. The number of benzene rings is 3. The molecule has 4 aromatic rings. The number of hydrogen-bond donors (Lipinski definition) is 1. The van der Waals surface area contributed by atoms with E-state index in [0.29, 0.717) is 25.1 Å². The molecule has 6 rings (SSSR count). The number of likely N-dealkylation sites (tertiary alicyclic amines) is 1. The van der Waals surface area contributed by atoms with Crippen molar-refractivity contribution in [3.63, 3.8) is 0 Å². The van der Waals surface area contributed by atoms with Crippen LogP contribution in [0.5, 0.6) is 0 Å². The fourth-order valence-corrected chi connectivity index (χ4v) is 5.04. The highest BCUT2D eigenvalue weighted by atomic mass is 16.2. The Kier molecular flexibility index (Phi) is 4.12. The summed E-state index contributed by atoms with van der Waals surface area (Å²) in [5.74, 6) is -0.0756. The first kappa shape index (κ1) is 18.8. The molecule has 2 amide bonds. The van der Waals surface area contributed by atoms with Crippen LogP contribution < -0.4 is 5.32 Å². The largest absolute Gasteiger partial charge is 0.337 e. The van der Waals surface area contributed by atoms with Crippen LogP contribution in [0, 0.1) is 0 Å². The van der Waals surface area contributed by atoms with Gasteiger partial charge in [0.2, 0.25) is 5.91 Å². The van der Waals surface area contributed by atoms with Crippen molar-refractivity contribution >= 4 is 28.4 Å². The Morgan fingerprint density at radius 2 is 1.69 bits per heavy atom. The first-order valence-electron chi connectivity index (χ1n) is 10.8. The number of rotatable bonds is 2. The van der Waals surface area contributed by atoms with E-state index in [9.17, 15) is 9.59 Å². The Labute approximate surface area is 185 Å². The van der Waals surface area contributed by atoms with Crippen molar-refractivity contribution in [2.75, 3.05) is 18.4 Å². The molecular weight excluding hydrogens is 398 g/mol. The van der Waals surface area contributed by atoms with Crippen LogP contribution in [0.1, 0.15) is 22.3 Å². The summed E-state index contributed by atoms with van der Waals surface area (Å²) in [5.41, 5.74) is 4.32. The number of aromatic nitrogens is 1. The molecule has 3 aromatic carbocycles. The van der Waals surface area contributed by atoms with Crippen LogP contribution in [-0.2, 0) is 10.2 Å². The van der Waals surface area contributed by atoms with E-state index in [1.165, 1.54) is 0 Å². The molecule has 0 radical (unpaired) electrons. The summed E-state index contributed by atoms with van der Waals surface area (Å²) in [6.07, 6.45) is 0.621. The van der Waals surface area contributed by atoms with Crippen molar-refractivity contribution in [2.45, 2.75) is 11.8 Å². The summed E-state index contributed by atoms with van der Waals surface area (Å²) in [6, 6.07) is 27.3. The van der Waals surface area contributed by atoms with Crippen LogP contribution in [0.15, 0.2) is 84.9 Å². The van der Waals surface area contributed by atoms with E-state index in [-0.39, 0.29) is 11.8 Å². The minimum atomic E-state index is -0.669. The maximum Gasteiger partial charge on any atom is 0.254 e. The molecule has 5 nitrogen and oxygen atoms in total. The van der Waals surface area contributed by atoms with Crippen molar-refractivity contribution in [3.05, 3.63) is 96.1 Å². The number of pyridine rings is 1. The molecule has 3 heterocycles. The zero-order valence-electron chi connectivity index (χ0n) is 17.4. The van der Waals surface area contributed by atoms with Gasteiger partial charge in [0.15, 0.2) is 0 Å². The van der Waals surface area contributed by atoms with Crippen LogP contribution in [-0.4, -0.2) is 34.8 Å². The van der Waals surface area contributed by atoms with Gasteiger partial charge in [0, 0.05) is 29.7 Å². The lowest BCUT2D eigenvalue weighted by Gasteiger charge is -2.23. The lowest BCUT2D eigenvalue weighted by atomic mass is 9.81. The maximum atomic E-state index is 13.8. The van der Waals surface area contributed by atoms with E-state index < -0.39 is 5.41 Å². The first-order valence-corrected chi connectivity index (χ1v) is 10.8. The van der Waals surface area contributed by atoms with Gasteiger partial charge in [-0.2, -0.15) is 0 Å². The van der Waals surface area contributed by atoms with Crippen LogP contribution in [0.4, 0.5) is 5.69 Å². The molecule has 1 spiro atoms. The lowest BCUT2D eigenvalue weighted by molar-refractivity contribution is -0.120. The number of fused-ring (bicyclic) bond motifs is 3. The second-order valence-electron chi connectivity index (χ2n) is 8.50. The van der Waals surface area contributed by atoms with Gasteiger partial charge in [0.05, 0.1) is 22.2 Å². The number of carbonyl (C=O) groups excluding carboxylic acids is 2.